The van der Waals surface area contributed by atoms with Gasteiger partial charge in [0, 0.05) is 25.3 Å². The molecule has 134 valence electrons. The summed E-state index contributed by atoms with van der Waals surface area (Å²) in [6.45, 7) is 12.6. The molecule has 2 rings (SSSR count). The van der Waals surface area contributed by atoms with Crippen molar-refractivity contribution in [1.82, 2.24) is 0 Å². The number of nitrogens with zero attached hydrogens (tertiary/aromatic N) is 2. The smallest absolute Gasteiger partial charge is 0.272 e. The van der Waals surface area contributed by atoms with Crippen LogP contribution >= 0.6 is 0 Å². The van der Waals surface area contributed by atoms with E-state index in [1.165, 1.54) is 12.1 Å². The first-order valence-electron chi connectivity index (χ1n) is 8.38. The summed E-state index contributed by atoms with van der Waals surface area (Å²) >= 11 is 0. The fourth-order valence-corrected chi connectivity index (χ4v) is 4.10. The van der Waals surface area contributed by atoms with E-state index in [0.29, 0.717) is 18.8 Å². The average molecular weight is 354 g/mol. The summed E-state index contributed by atoms with van der Waals surface area (Å²) in [5, 5.41) is 10.9. The van der Waals surface area contributed by atoms with Crippen LogP contribution in [-0.2, 0) is 4.43 Å². The molecule has 0 spiro atoms. The van der Waals surface area contributed by atoms with Crippen molar-refractivity contribution >= 4 is 19.7 Å². The Morgan fingerprint density at radius 1 is 1.29 bits per heavy atom. The summed E-state index contributed by atoms with van der Waals surface area (Å²) in [7, 11) is -1.79. The second-order valence-electron chi connectivity index (χ2n) is 7.96. The Kier molecular flexibility index (Phi) is 5.34. The van der Waals surface area contributed by atoms with Crippen molar-refractivity contribution in [3.63, 3.8) is 0 Å². The highest BCUT2D eigenvalue weighted by molar-refractivity contribution is 6.74. The minimum absolute atomic E-state index is 0.175. The molecule has 0 aromatic heterocycles. The zero-order chi connectivity index (χ0) is 18.1. The Morgan fingerprint density at radius 3 is 2.33 bits per heavy atom. The number of hydrogen-bond acceptors (Lipinski definition) is 4. The molecule has 0 unspecified atom stereocenters. The number of rotatable bonds is 4. The first-order chi connectivity index (χ1) is 11.0. The van der Waals surface area contributed by atoms with Crippen molar-refractivity contribution in [2.75, 3.05) is 18.0 Å². The zero-order valence-electron chi connectivity index (χ0n) is 15.1. The molecule has 0 bridgehead atoms. The quantitative estimate of drug-likeness (QED) is 0.446. The lowest BCUT2D eigenvalue weighted by Crippen LogP contribution is -2.47. The monoisotopic (exact) mass is 354 g/mol. The number of hydrogen-bond donors (Lipinski definition) is 0. The maximum absolute atomic E-state index is 14.1. The van der Waals surface area contributed by atoms with E-state index in [0.717, 1.165) is 18.9 Å². The van der Waals surface area contributed by atoms with Crippen LogP contribution in [0, 0.1) is 15.9 Å². The average Bonchev–Trinajstić information content (AvgIpc) is 2.46. The highest BCUT2D eigenvalue weighted by Gasteiger charge is 2.39. The summed E-state index contributed by atoms with van der Waals surface area (Å²) in [6, 6.07) is 3.85. The zero-order valence-corrected chi connectivity index (χ0v) is 16.1. The van der Waals surface area contributed by atoms with E-state index in [2.05, 4.69) is 33.9 Å². The largest absolute Gasteiger partial charge is 0.414 e. The molecule has 0 N–H and O–H groups in total. The van der Waals surface area contributed by atoms with Crippen molar-refractivity contribution in [2.24, 2.45) is 0 Å². The minimum Gasteiger partial charge on any atom is -0.414 e. The number of halogens is 1. The first kappa shape index (κ1) is 18.9. The van der Waals surface area contributed by atoms with Gasteiger partial charge in [0.05, 0.1) is 16.7 Å². The molecule has 1 fully saturated rings. The summed E-state index contributed by atoms with van der Waals surface area (Å²) < 4.78 is 20.6. The molecule has 1 aromatic rings. The number of nitro benzene ring substituents is 1. The Bertz CT molecular complexity index is 608. The van der Waals surface area contributed by atoms with Gasteiger partial charge in [-0.1, -0.05) is 20.8 Å². The fourth-order valence-electron chi connectivity index (χ4n) is 2.67. The molecule has 0 radical (unpaired) electrons. The molecule has 0 aliphatic carbocycles. The number of benzene rings is 1. The Morgan fingerprint density at radius 2 is 1.88 bits per heavy atom. The minimum atomic E-state index is -1.79. The molecule has 0 amide bonds. The van der Waals surface area contributed by atoms with Gasteiger partial charge < -0.3 is 9.33 Å². The molecule has 7 heteroatoms. The molecular weight excluding hydrogens is 327 g/mol. The predicted octanol–water partition coefficient (Wildman–Crippen LogP) is 4.72. The molecule has 0 saturated carbocycles. The molecule has 1 aromatic carbocycles. The van der Waals surface area contributed by atoms with Gasteiger partial charge in [0.2, 0.25) is 0 Å². The summed E-state index contributed by atoms with van der Waals surface area (Å²) in [6.07, 6.45) is 1.91. The topological polar surface area (TPSA) is 55.6 Å². The van der Waals surface area contributed by atoms with Crippen LogP contribution < -0.4 is 4.90 Å². The van der Waals surface area contributed by atoms with E-state index in [1.54, 1.807) is 0 Å². The van der Waals surface area contributed by atoms with Crippen LogP contribution in [0.2, 0.25) is 18.1 Å². The van der Waals surface area contributed by atoms with Crippen molar-refractivity contribution in [1.29, 1.82) is 0 Å². The molecule has 0 atom stereocenters. The second kappa shape index (κ2) is 6.80. The number of non-ortho nitro benzene ring substituents is 1. The Hall–Kier alpha value is -1.47. The maximum atomic E-state index is 14.1. The van der Waals surface area contributed by atoms with Gasteiger partial charge in [0.15, 0.2) is 14.1 Å². The van der Waals surface area contributed by atoms with Crippen LogP contribution in [0.15, 0.2) is 18.2 Å². The van der Waals surface area contributed by atoms with Crippen LogP contribution in [0.5, 0.6) is 0 Å². The third kappa shape index (κ3) is 4.13. The van der Waals surface area contributed by atoms with Gasteiger partial charge in [-0.2, -0.15) is 0 Å². The lowest BCUT2D eigenvalue weighted by Gasteiger charge is -2.42. The van der Waals surface area contributed by atoms with Crippen LogP contribution in [0.1, 0.15) is 33.6 Å². The molecule has 1 heterocycles. The lowest BCUT2D eigenvalue weighted by molar-refractivity contribution is -0.385. The van der Waals surface area contributed by atoms with Gasteiger partial charge in [-0.25, -0.2) is 4.39 Å². The SMILES string of the molecule is CC(C)(C)[Si](C)(C)OC1CCN(c2ccc([N+](=O)[O-])cc2F)CC1. The molecular formula is C17H27FN2O3Si. The van der Waals surface area contributed by atoms with Crippen molar-refractivity contribution < 1.29 is 13.7 Å². The highest BCUT2D eigenvalue weighted by Crippen LogP contribution is 2.38. The molecule has 1 aliphatic rings. The fraction of sp³-hybridized carbons (Fsp3) is 0.647. The predicted molar refractivity (Wildman–Crippen MR) is 96.6 cm³/mol. The van der Waals surface area contributed by atoms with Gasteiger partial charge in [-0.3, -0.25) is 10.1 Å². The summed E-state index contributed by atoms with van der Waals surface area (Å²) in [4.78, 5) is 12.1. The third-order valence-corrected chi connectivity index (χ3v) is 9.73. The van der Waals surface area contributed by atoms with Crippen LogP contribution in [-0.4, -0.2) is 32.4 Å². The van der Waals surface area contributed by atoms with E-state index in [-0.39, 0.29) is 16.8 Å². The van der Waals surface area contributed by atoms with E-state index < -0.39 is 19.1 Å². The summed E-state index contributed by atoms with van der Waals surface area (Å²) in [5.41, 5.74) is 0.221. The van der Waals surface area contributed by atoms with Gasteiger partial charge in [0.25, 0.3) is 5.69 Å². The highest BCUT2D eigenvalue weighted by atomic mass is 28.4. The number of anilines is 1. The van der Waals surface area contributed by atoms with Gasteiger partial charge in [0.1, 0.15) is 0 Å². The van der Waals surface area contributed by atoms with Gasteiger partial charge >= 0.3 is 0 Å². The molecule has 24 heavy (non-hydrogen) atoms. The van der Waals surface area contributed by atoms with E-state index in [1.807, 2.05) is 4.90 Å². The van der Waals surface area contributed by atoms with Crippen LogP contribution in [0.25, 0.3) is 0 Å². The number of nitro groups is 1. The van der Waals surface area contributed by atoms with E-state index in [9.17, 15) is 14.5 Å². The number of piperidine rings is 1. The van der Waals surface area contributed by atoms with Crippen molar-refractivity contribution in [3.8, 4) is 0 Å². The normalized spacial score (nSPS) is 17.2. The van der Waals surface area contributed by atoms with Gasteiger partial charge in [-0.15, -0.1) is 0 Å². The molecule has 1 aliphatic heterocycles. The molecule has 5 nitrogen and oxygen atoms in total. The van der Waals surface area contributed by atoms with Crippen molar-refractivity contribution in [3.05, 3.63) is 34.1 Å². The Labute approximate surface area is 144 Å². The van der Waals surface area contributed by atoms with E-state index >= 15 is 0 Å². The standard InChI is InChI=1S/C17H27FN2O3Si/c1-17(2,3)24(4,5)23-14-8-10-19(11-9-14)16-7-6-13(20(21)22)12-15(16)18/h6-7,12,14H,8-11H2,1-5H3. The van der Waals surface area contributed by atoms with Crippen LogP contribution in [0.4, 0.5) is 15.8 Å². The lowest BCUT2D eigenvalue weighted by atomic mass is 10.1. The van der Waals surface area contributed by atoms with Crippen LogP contribution in [0.3, 0.4) is 0 Å². The second-order valence-corrected chi connectivity index (χ2v) is 12.7. The maximum Gasteiger partial charge on any atom is 0.272 e. The molecule has 1 saturated heterocycles. The third-order valence-electron chi connectivity index (χ3n) is 5.19. The summed E-state index contributed by atoms with van der Waals surface area (Å²) in [5.74, 6) is -0.534. The first-order valence-corrected chi connectivity index (χ1v) is 11.3. The van der Waals surface area contributed by atoms with E-state index in [4.69, 9.17) is 4.43 Å². The van der Waals surface area contributed by atoms with Crippen molar-refractivity contribution in [2.45, 2.75) is 57.8 Å². The van der Waals surface area contributed by atoms with Gasteiger partial charge in [-0.05, 0) is 37.0 Å². The Balaban J connectivity index is 1.99.